The summed E-state index contributed by atoms with van der Waals surface area (Å²) >= 11 is 4.28. The van der Waals surface area contributed by atoms with Crippen molar-refractivity contribution in [3.05, 3.63) is 8.66 Å². The van der Waals surface area contributed by atoms with E-state index in [1.165, 1.54) is 0 Å². The summed E-state index contributed by atoms with van der Waals surface area (Å²) in [7, 11) is 0. The fourth-order valence-electron chi connectivity index (χ4n) is 0.916. The molecule has 0 unspecified atom stereocenters. The minimum absolute atomic E-state index is 0. The summed E-state index contributed by atoms with van der Waals surface area (Å²) in [6.07, 6.45) is 0. The lowest BCUT2D eigenvalue weighted by Gasteiger charge is -1.92. The number of hydrogen-bond donors (Lipinski definition) is 1. The molecule has 0 saturated carbocycles. The Morgan fingerprint density at radius 3 is 2.69 bits per heavy atom. The summed E-state index contributed by atoms with van der Waals surface area (Å²) in [6.45, 7) is 0.0944. The Bertz CT molecular complexity index is 351. The number of hydrogen-bond acceptors (Lipinski definition) is 4. The first-order chi connectivity index (χ1) is 5.70. The molecule has 72 valence electrons. The Hall–Kier alpha value is -0.460. The van der Waals surface area contributed by atoms with Crippen LogP contribution in [0.1, 0.15) is 9.67 Å². The zero-order valence-electron chi connectivity index (χ0n) is 6.07. The predicted octanol–water partition coefficient (Wildman–Crippen LogP) is 2.36. The second kappa shape index (κ2) is 3.73. The van der Waals surface area contributed by atoms with E-state index in [-0.39, 0.29) is 24.1 Å². The van der Waals surface area contributed by atoms with Gasteiger partial charge in [-0.25, -0.2) is 4.79 Å². The van der Waals surface area contributed by atoms with Crippen molar-refractivity contribution in [1.82, 2.24) is 0 Å². The number of carboxylic acid groups (broad SMARTS) is 1. The molecule has 0 spiro atoms. The maximum atomic E-state index is 10.6. The molecule has 1 aliphatic rings. The quantitative estimate of drug-likeness (QED) is 0.861. The normalized spacial score (nSPS) is 12.4. The molecule has 0 radical (unpaired) electrons. The van der Waals surface area contributed by atoms with Gasteiger partial charge < -0.3 is 14.6 Å². The van der Waals surface area contributed by atoms with Crippen LogP contribution in [-0.4, -0.2) is 17.9 Å². The van der Waals surface area contributed by atoms with Crippen LogP contribution in [0, 0.1) is 0 Å². The van der Waals surface area contributed by atoms with Crippen molar-refractivity contribution in [3.63, 3.8) is 0 Å². The van der Waals surface area contributed by atoms with Gasteiger partial charge in [0.15, 0.2) is 16.4 Å². The number of carboxylic acids is 1. The average Bonchev–Trinajstić information content (AvgIpc) is 2.53. The summed E-state index contributed by atoms with van der Waals surface area (Å²) < 4.78 is 10.7. The van der Waals surface area contributed by atoms with E-state index in [4.69, 9.17) is 14.6 Å². The summed E-state index contributed by atoms with van der Waals surface area (Å²) in [4.78, 5) is 10.8. The van der Waals surface area contributed by atoms with E-state index in [2.05, 4.69) is 15.9 Å². The van der Waals surface area contributed by atoms with Crippen LogP contribution < -0.4 is 9.47 Å². The van der Waals surface area contributed by atoms with Crippen LogP contribution in [0.25, 0.3) is 0 Å². The van der Waals surface area contributed by atoms with E-state index in [1.807, 2.05) is 0 Å². The third-order valence-electron chi connectivity index (χ3n) is 1.38. The summed E-state index contributed by atoms with van der Waals surface area (Å²) in [5.41, 5.74) is 0. The van der Waals surface area contributed by atoms with Gasteiger partial charge in [0.1, 0.15) is 3.79 Å². The Labute approximate surface area is 92.0 Å². The molecule has 1 N–H and O–H groups in total. The molecule has 7 heteroatoms. The molecule has 1 aromatic rings. The van der Waals surface area contributed by atoms with Crippen molar-refractivity contribution >= 4 is 45.6 Å². The fraction of sp³-hybridized carbons (Fsp3) is 0.167. The maximum absolute atomic E-state index is 10.6. The molecule has 0 fully saturated rings. The van der Waals surface area contributed by atoms with E-state index in [0.29, 0.717) is 15.3 Å². The standard InChI is InChI=1S/C6H3BrO4S.ClH/c7-5-3-2(10-1-11-3)4(12-5)6(8)9;/h1H2,(H,8,9);1H. The molecule has 4 nitrogen and oxygen atoms in total. The van der Waals surface area contributed by atoms with E-state index < -0.39 is 5.97 Å². The Morgan fingerprint density at radius 2 is 2.08 bits per heavy atom. The number of halogens is 2. The van der Waals surface area contributed by atoms with Crippen LogP contribution in [0.2, 0.25) is 0 Å². The van der Waals surface area contributed by atoms with Crippen molar-refractivity contribution in [2.24, 2.45) is 0 Å². The second-order valence-corrected chi connectivity index (χ2v) is 4.41. The van der Waals surface area contributed by atoms with Crippen molar-refractivity contribution < 1.29 is 19.4 Å². The smallest absolute Gasteiger partial charge is 0.349 e. The summed E-state index contributed by atoms with van der Waals surface area (Å²) in [5.74, 6) is -0.163. The first-order valence-electron chi connectivity index (χ1n) is 3.01. The Kier molecular flexibility index (Phi) is 3.05. The largest absolute Gasteiger partial charge is 0.477 e. The zero-order chi connectivity index (χ0) is 8.72. The van der Waals surface area contributed by atoms with Gasteiger partial charge in [-0.15, -0.1) is 23.7 Å². The molecule has 1 aromatic heterocycles. The predicted molar refractivity (Wildman–Crippen MR) is 52.3 cm³/mol. The van der Waals surface area contributed by atoms with Crippen molar-refractivity contribution in [2.75, 3.05) is 6.79 Å². The van der Waals surface area contributed by atoms with Crippen molar-refractivity contribution in [2.45, 2.75) is 0 Å². The van der Waals surface area contributed by atoms with Gasteiger partial charge in [-0.2, -0.15) is 0 Å². The second-order valence-electron chi connectivity index (χ2n) is 2.07. The maximum Gasteiger partial charge on any atom is 0.349 e. The van der Waals surface area contributed by atoms with Crippen LogP contribution in [0.4, 0.5) is 0 Å². The van der Waals surface area contributed by atoms with Crippen LogP contribution in [0.3, 0.4) is 0 Å². The SMILES string of the molecule is Cl.O=C(O)c1sc(Br)c2c1OCO2. The molecule has 0 saturated heterocycles. The number of rotatable bonds is 1. The molecule has 0 aliphatic carbocycles. The third-order valence-corrected chi connectivity index (χ3v) is 3.16. The van der Waals surface area contributed by atoms with Gasteiger partial charge in [0, 0.05) is 0 Å². The van der Waals surface area contributed by atoms with Gasteiger partial charge in [-0.05, 0) is 15.9 Å². The van der Waals surface area contributed by atoms with E-state index in [9.17, 15) is 4.79 Å². The highest BCUT2D eigenvalue weighted by atomic mass is 79.9. The molecular weight excluding hydrogens is 283 g/mol. The number of aromatic carboxylic acids is 1. The first kappa shape index (κ1) is 10.6. The van der Waals surface area contributed by atoms with Crippen LogP contribution in [0.15, 0.2) is 3.79 Å². The molecule has 0 amide bonds. The fourth-order valence-corrected chi connectivity index (χ4v) is 2.45. The summed E-state index contributed by atoms with van der Waals surface area (Å²) in [6, 6.07) is 0. The van der Waals surface area contributed by atoms with Crippen molar-refractivity contribution in [3.8, 4) is 11.5 Å². The number of thiophene rings is 1. The Morgan fingerprint density at radius 1 is 1.46 bits per heavy atom. The minimum Gasteiger partial charge on any atom is -0.477 e. The number of ether oxygens (including phenoxy) is 2. The highest BCUT2D eigenvalue weighted by molar-refractivity contribution is 9.11. The molecule has 0 atom stereocenters. The number of carbonyl (C=O) groups is 1. The zero-order valence-corrected chi connectivity index (χ0v) is 9.29. The lowest BCUT2D eigenvalue weighted by molar-refractivity contribution is 0.0697. The van der Waals surface area contributed by atoms with E-state index >= 15 is 0 Å². The molecule has 2 rings (SSSR count). The molecular formula is C6H4BrClO4S. The average molecular weight is 288 g/mol. The van der Waals surface area contributed by atoms with E-state index in [0.717, 1.165) is 11.3 Å². The molecule has 1 aliphatic heterocycles. The van der Waals surface area contributed by atoms with Crippen LogP contribution >= 0.6 is 39.7 Å². The molecule has 2 heterocycles. The van der Waals surface area contributed by atoms with Crippen molar-refractivity contribution in [1.29, 1.82) is 0 Å². The molecule has 13 heavy (non-hydrogen) atoms. The topological polar surface area (TPSA) is 55.8 Å². The highest BCUT2D eigenvalue weighted by Gasteiger charge is 2.28. The monoisotopic (exact) mass is 286 g/mol. The van der Waals surface area contributed by atoms with Gasteiger partial charge in [0.2, 0.25) is 6.79 Å². The van der Waals surface area contributed by atoms with Gasteiger partial charge >= 0.3 is 5.97 Å². The van der Waals surface area contributed by atoms with Gasteiger partial charge in [-0.3, -0.25) is 0 Å². The molecule has 0 bridgehead atoms. The third kappa shape index (κ3) is 1.61. The lowest BCUT2D eigenvalue weighted by Crippen LogP contribution is -1.98. The van der Waals surface area contributed by atoms with Gasteiger partial charge in [-0.1, -0.05) is 0 Å². The lowest BCUT2D eigenvalue weighted by atomic mass is 10.4. The van der Waals surface area contributed by atoms with Gasteiger partial charge in [0.05, 0.1) is 0 Å². The van der Waals surface area contributed by atoms with Gasteiger partial charge in [0.25, 0.3) is 0 Å². The van der Waals surface area contributed by atoms with Crippen LogP contribution in [-0.2, 0) is 0 Å². The van der Waals surface area contributed by atoms with E-state index in [1.54, 1.807) is 0 Å². The highest BCUT2D eigenvalue weighted by Crippen LogP contribution is 2.48. The summed E-state index contributed by atoms with van der Waals surface area (Å²) in [5, 5.41) is 8.72. The Balaban J connectivity index is 0.000000845. The van der Waals surface area contributed by atoms with Crippen LogP contribution in [0.5, 0.6) is 11.5 Å². The number of fused-ring (bicyclic) bond motifs is 1. The molecule has 0 aromatic carbocycles. The minimum atomic E-state index is -0.993. The first-order valence-corrected chi connectivity index (χ1v) is 4.62.